The first kappa shape index (κ1) is 15.8. The molecule has 6 heteroatoms. The van der Waals surface area contributed by atoms with Crippen LogP contribution in [0.1, 0.15) is 31.4 Å². The minimum atomic E-state index is -0.882. The maximum absolute atomic E-state index is 12.1. The van der Waals surface area contributed by atoms with Crippen LogP contribution >= 0.6 is 15.9 Å². The number of hydrogen-bond acceptors (Lipinski definition) is 3. The van der Waals surface area contributed by atoms with Crippen LogP contribution < -0.4 is 4.74 Å². The van der Waals surface area contributed by atoms with Gasteiger partial charge in [-0.25, -0.2) is 0 Å². The SMILES string of the molecule is CCN1C(=O)CCC(C(=O)O)C1c1cc(Br)ccc1OC. The van der Waals surface area contributed by atoms with Gasteiger partial charge in [-0.15, -0.1) is 0 Å². The zero-order chi connectivity index (χ0) is 15.6. The van der Waals surface area contributed by atoms with Gasteiger partial charge in [-0.3, -0.25) is 9.59 Å². The van der Waals surface area contributed by atoms with Crippen LogP contribution in [-0.4, -0.2) is 35.5 Å². The van der Waals surface area contributed by atoms with E-state index >= 15 is 0 Å². The van der Waals surface area contributed by atoms with Crippen LogP contribution in [0, 0.1) is 5.92 Å². The molecule has 1 aromatic carbocycles. The van der Waals surface area contributed by atoms with E-state index in [1.807, 2.05) is 19.1 Å². The Morgan fingerprint density at radius 3 is 2.81 bits per heavy atom. The smallest absolute Gasteiger partial charge is 0.308 e. The molecule has 2 unspecified atom stereocenters. The first-order valence-electron chi connectivity index (χ1n) is 6.85. The highest BCUT2D eigenvalue weighted by atomic mass is 79.9. The van der Waals surface area contributed by atoms with Gasteiger partial charge in [-0.2, -0.15) is 0 Å². The maximum atomic E-state index is 12.1. The molecule has 5 nitrogen and oxygen atoms in total. The first-order chi connectivity index (χ1) is 9.99. The Balaban J connectivity index is 2.55. The number of nitrogens with zero attached hydrogens (tertiary/aromatic N) is 1. The predicted molar refractivity (Wildman–Crippen MR) is 81.2 cm³/mol. The summed E-state index contributed by atoms with van der Waals surface area (Å²) in [6, 6.07) is 4.95. The summed E-state index contributed by atoms with van der Waals surface area (Å²) < 4.78 is 6.19. The number of aliphatic carboxylic acids is 1. The van der Waals surface area contributed by atoms with Gasteiger partial charge < -0.3 is 14.7 Å². The van der Waals surface area contributed by atoms with Crippen LogP contribution in [0.5, 0.6) is 5.75 Å². The number of hydrogen-bond donors (Lipinski definition) is 1. The number of amides is 1. The highest BCUT2D eigenvalue weighted by Crippen LogP contribution is 2.41. The summed E-state index contributed by atoms with van der Waals surface area (Å²) in [5.41, 5.74) is 0.731. The summed E-state index contributed by atoms with van der Waals surface area (Å²) in [7, 11) is 1.55. The van der Waals surface area contributed by atoms with Crippen molar-refractivity contribution in [2.24, 2.45) is 5.92 Å². The summed E-state index contributed by atoms with van der Waals surface area (Å²) in [4.78, 5) is 25.4. The van der Waals surface area contributed by atoms with Crippen molar-refractivity contribution in [3.8, 4) is 5.75 Å². The number of rotatable bonds is 4. The lowest BCUT2D eigenvalue weighted by Crippen LogP contribution is -2.45. The van der Waals surface area contributed by atoms with Crippen LogP contribution in [0.2, 0.25) is 0 Å². The summed E-state index contributed by atoms with van der Waals surface area (Å²) in [5.74, 6) is -0.913. The molecule has 0 aromatic heterocycles. The van der Waals surface area contributed by atoms with E-state index in [1.54, 1.807) is 18.1 Å². The number of carbonyl (C=O) groups excluding carboxylic acids is 1. The number of ether oxygens (including phenoxy) is 1. The Kier molecular flexibility index (Phi) is 4.88. The molecule has 1 saturated heterocycles. The number of likely N-dealkylation sites (tertiary alicyclic amines) is 1. The number of piperidine rings is 1. The quantitative estimate of drug-likeness (QED) is 0.901. The van der Waals surface area contributed by atoms with Gasteiger partial charge in [-0.05, 0) is 31.5 Å². The van der Waals surface area contributed by atoms with Crippen LogP contribution in [0.3, 0.4) is 0 Å². The second-order valence-electron chi connectivity index (χ2n) is 4.99. The number of halogens is 1. The summed E-state index contributed by atoms with van der Waals surface area (Å²) in [6.07, 6.45) is 0.628. The molecule has 1 aliphatic rings. The molecule has 1 amide bonds. The van der Waals surface area contributed by atoms with Gasteiger partial charge in [0.2, 0.25) is 5.91 Å². The molecule has 0 aliphatic carbocycles. The van der Waals surface area contributed by atoms with Gasteiger partial charge in [0.05, 0.1) is 19.1 Å². The summed E-state index contributed by atoms with van der Waals surface area (Å²) in [6.45, 7) is 2.34. The Labute approximate surface area is 132 Å². The van der Waals surface area contributed by atoms with E-state index in [4.69, 9.17) is 4.74 Å². The van der Waals surface area contributed by atoms with Crippen LogP contribution in [0.4, 0.5) is 0 Å². The number of methoxy groups -OCH3 is 1. The van der Waals surface area contributed by atoms with Crippen molar-refractivity contribution >= 4 is 27.8 Å². The van der Waals surface area contributed by atoms with Crippen LogP contribution in [-0.2, 0) is 9.59 Å². The fourth-order valence-electron chi connectivity index (χ4n) is 2.91. The topological polar surface area (TPSA) is 66.8 Å². The van der Waals surface area contributed by atoms with Crippen molar-refractivity contribution in [1.82, 2.24) is 4.90 Å². The van der Waals surface area contributed by atoms with Gasteiger partial charge in [0.15, 0.2) is 0 Å². The molecule has 1 N–H and O–H groups in total. The Morgan fingerprint density at radius 1 is 1.52 bits per heavy atom. The second-order valence-corrected chi connectivity index (χ2v) is 5.91. The third kappa shape index (κ3) is 3.05. The number of carboxylic acids is 1. The average molecular weight is 356 g/mol. The molecular weight excluding hydrogens is 338 g/mol. The van der Waals surface area contributed by atoms with Crippen molar-refractivity contribution in [3.63, 3.8) is 0 Å². The van der Waals surface area contributed by atoms with Crippen molar-refractivity contribution < 1.29 is 19.4 Å². The van der Waals surface area contributed by atoms with Gasteiger partial charge in [0, 0.05) is 23.0 Å². The van der Waals surface area contributed by atoms with E-state index < -0.39 is 17.9 Å². The summed E-state index contributed by atoms with van der Waals surface area (Å²) >= 11 is 3.40. The maximum Gasteiger partial charge on any atom is 0.308 e. The molecule has 1 aromatic rings. The first-order valence-corrected chi connectivity index (χ1v) is 7.64. The number of carbonyl (C=O) groups is 2. The van der Waals surface area contributed by atoms with E-state index in [9.17, 15) is 14.7 Å². The Bertz CT molecular complexity index is 559. The molecule has 21 heavy (non-hydrogen) atoms. The zero-order valence-electron chi connectivity index (χ0n) is 12.0. The molecule has 0 spiro atoms. The van der Waals surface area contributed by atoms with Crippen molar-refractivity contribution in [3.05, 3.63) is 28.2 Å². The van der Waals surface area contributed by atoms with Crippen molar-refractivity contribution in [2.75, 3.05) is 13.7 Å². The van der Waals surface area contributed by atoms with Gasteiger partial charge in [0.1, 0.15) is 5.75 Å². The number of carboxylic acid groups (broad SMARTS) is 1. The number of benzene rings is 1. The Hall–Kier alpha value is -1.56. The fourth-order valence-corrected chi connectivity index (χ4v) is 3.28. The lowest BCUT2D eigenvalue weighted by molar-refractivity contribution is -0.151. The highest BCUT2D eigenvalue weighted by molar-refractivity contribution is 9.10. The van der Waals surface area contributed by atoms with Crippen molar-refractivity contribution in [2.45, 2.75) is 25.8 Å². The predicted octanol–water partition coefficient (Wildman–Crippen LogP) is 2.84. The zero-order valence-corrected chi connectivity index (χ0v) is 13.6. The standard InChI is InChI=1S/C15H18BrNO4/c1-3-17-13(18)7-5-10(15(19)20)14(17)11-8-9(16)4-6-12(11)21-2/h4,6,8,10,14H,3,5,7H2,1-2H3,(H,19,20). The fraction of sp³-hybridized carbons (Fsp3) is 0.467. The monoisotopic (exact) mass is 355 g/mol. The minimum absolute atomic E-state index is 0.0120. The molecule has 2 rings (SSSR count). The molecule has 114 valence electrons. The third-order valence-electron chi connectivity index (χ3n) is 3.87. The molecule has 2 atom stereocenters. The minimum Gasteiger partial charge on any atom is -0.496 e. The van der Waals surface area contributed by atoms with Crippen molar-refractivity contribution in [1.29, 1.82) is 0 Å². The van der Waals surface area contributed by atoms with Gasteiger partial charge in [0.25, 0.3) is 0 Å². The summed E-state index contributed by atoms with van der Waals surface area (Å²) in [5, 5.41) is 9.51. The molecule has 0 bridgehead atoms. The van der Waals surface area contributed by atoms with Crippen LogP contribution in [0.25, 0.3) is 0 Å². The average Bonchev–Trinajstić information content (AvgIpc) is 2.46. The van der Waals surface area contributed by atoms with E-state index in [1.165, 1.54) is 0 Å². The molecular formula is C15H18BrNO4. The third-order valence-corrected chi connectivity index (χ3v) is 4.37. The van der Waals surface area contributed by atoms with E-state index in [-0.39, 0.29) is 12.3 Å². The molecule has 1 aliphatic heterocycles. The van der Waals surface area contributed by atoms with Crippen LogP contribution in [0.15, 0.2) is 22.7 Å². The lowest BCUT2D eigenvalue weighted by atomic mass is 9.84. The largest absolute Gasteiger partial charge is 0.496 e. The lowest BCUT2D eigenvalue weighted by Gasteiger charge is -2.39. The van der Waals surface area contributed by atoms with E-state index in [2.05, 4.69) is 15.9 Å². The molecule has 0 radical (unpaired) electrons. The molecule has 0 saturated carbocycles. The van der Waals surface area contributed by atoms with E-state index in [0.717, 1.165) is 10.0 Å². The van der Waals surface area contributed by atoms with E-state index in [0.29, 0.717) is 18.7 Å². The molecule has 1 heterocycles. The van der Waals surface area contributed by atoms with Gasteiger partial charge >= 0.3 is 5.97 Å². The normalized spacial score (nSPS) is 22.2. The second kappa shape index (κ2) is 6.47. The van der Waals surface area contributed by atoms with Gasteiger partial charge in [-0.1, -0.05) is 15.9 Å². The Morgan fingerprint density at radius 2 is 2.24 bits per heavy atom. The highest BCUT2D eigenvalue weighted by Gasteiger charge is 2.41. The molecule has 1 fully saturated rings.